The average molecular weight is 319 g/mol. The summed E-state index contributed by atoms with van der Waals surface area (Å²) in [4.78, 5) is 16.1. The molecule has 0 fully saturated rings. The molecule has 2 aromatic heterocycles. The number of carbonyl (C=O) groups excluding carboxylic acids is 1. The molecule has 0 aliphatic rings. The summed E-state index contributed by atoms with van der Waals surface area (Å²) in [5, 5.41) is 13.6. The standard InChI is InChI=1S/C14H17N5O2S/c1-10(2)8-21-6-5-15-12-4-3-11(7-16-12)13(20)18-14-19-17-9-22-14/h3-4,7,9H,1,5-6,8H2,2H3,(H,15,16)(H,18,19,20). The van der Waals surface area contributed by atoms with Crippen molar-refractivity contribution in [2.45, 2.75) is 6.92 Å². The lowest BCUT2D eigenvalue weighted by atomic mass is 10.2. The van der Waals surface area contributed by atoms with Crippen molar-refractivity contribution in [2.75, 3.05) is 30.4 Å². The highest BCUT2D eigenvalue weighted by Crippen LogP contribution is 2.11. The zero-order valence-electron chi connectivity index (χ0n) is 12.2. The van der Waals surface area contributed by atoms with Crippen molar-refractivity contribution < 1.29 is 9.53 Å². The van der Waals surface area contributed by atoms with E-state index in [1.54, 1.807) is 17.6 Å². The van der Waals surface area contributed by atoms with Crippen molar-refractivity contribution in [2.24, 2.45) is 0 Å². The maximum absolute atomic E-state index is 11.9. The molecule has 0 bridgehead atoms. The molecule has 0 saturated heterocycles. The second-order valence-corrected chi connectivity index (χ2v) is 5.40. The van der Waals surface area contributed by atoms with Gasteiger partial charge in [-0.05, 0) is 19.1 Å². The lowest BCUT2D eigenvalue weighted by molar-refractivity contribution is 0.102. The number of aromatic nitrogens is 3. The summed E-state index contributed by atoms with van der Waals surface area (Å²) in [5.74, 6) is 0.423. The molecule has 0 aliphatic carbocycles. The monoisotopic (exact) mass is 319 g/mol. The number of nitrogens with one attached hydrogen (secondary N) is 2. The molecule has 116 valence electrons. The molecule has 22 heavy (non-hydrogen) atoms. The lowest BCUT2D eigenvalue weighted by Gasteiger charge is -2.07. The largest absolute Gasteiger partial charge is 0.375 e. The fourth-order valence-corrected chi connectivity index (χ4v) is 1.97. The van der Waals surface area contributed by atoms with Crippen LogP contribution in [0.1, 0.15) is 17.3 Å². The van der Waals surface area contributed by atoms with Crippen molar-refractivity contribution >= 4 is 28.2 Å². The van der Waals surface area contributed by atoms with E-state index >= 15 is 0 Å². The van der Waals surface area contributed by atoms with Crippen molar-refractivity contribution in [3.8, 4) is 0 Å². The van der Waals surface area contributed by atoms with Gasteiger partial charge in [0.2, 0.25) is 5.13 Å². The third-order valence-corrected chi connectivity index (χ3v) is 3.11. The van der Waals surface area contributed by atoms with Gasteiger partial charge in [-0.25, -0.2) is 4.98 Å². The molecule has 2 rings (SSSR count). The quantitative estimate of drug-likeness (QED) is 0.573. The molecule has 0 atom stereocenters. The van der Waals surface area contributed by atoms with E-state index in [1.165, 1.54) is 17.5 Å². The minimum atomic E-state index is -0.263. The van der Waals surface area contributed by atoms with Crippen molar-refractivity contribution in [3.05, 3.63) is 41.6 Å². The zero-order valence-corrected chi connectivity index (χ0v) is 13.0. The van der Waals surface area contributed by atoms with Gasteiger partial charge in [0.25, 0.3) is 5.91 Å². The van der Waals surface area contributed by atoms with E-state index in [0.29, 0.717) is 36.3 Å². The first kappa shape index (κ1) is 16.1. The predicted octanol–water partition coefficient (Wildman–Crippen LogP) is 2.19. The van der Waals surface area contributed by atoms with Gasteiger partial charge >= 0.3 is 0 Å². The van der Waals surface area contributed by atoms with Gasteiger partial charge in [0.05, 0.1) is 18.8 Å². The molecule has 8 heteroatoms. The number of pyridine rings is 1. The smallest absolute Gasteiger partial charge is 0.259 e. The summed E-state index contributed by atoms with van der Waals surface area (Å²) in [6.45, 7) is 7.43. The first-order valence-corrected chi connectivity index (χ1v) is 7.52. The van der Waals surface area contributed by atoms with Crippen LogP contribution < -0.4 is 10.6 Å². The predicted molar refractivity (Wildman–Crippen MR) is 86.2 cm³/mol. The van der Waals surface area contributed by atoms with Crippen LogP contribution >= 0.6 is 11.3 Å². The van der Waals surface area contributed by atoms with Gasteiger partial charge in [0.15, 0.2) is 0 Å². The van der Waals surface area contributed by atoms with E-state index < -0.39 is 0 Å². The fraction of sp³-hybridized carbons (Fsp3) is 0.286. The molecule has 0 aliphatic heterocycles. The Kier molecular flexibility index (Phi) is 5.99. The molecule has 7 nitrogen and oxygen atoms in total. The van der Waals surface area contributed by atoms with Gasteiger partial charge < -0.3 is 10.1 Å². The maximum atomic E-state index is 11.9. The lowest BCUT2D eigenvalue weighted by Crippen LogP contribution is -2.13. The maximum Gasteiger partial charge on any atom is 0.259 e. The van der Waals surface area contributed by atoms with Gasteiger partial charge in [0, 0.05) is 12.7 Å². The summed E-state index contributed by atoms with van der Waals surface area (Å²) in [7, 11) is 0. The van der Waals surface area contributed by atoms with Crippen LogP contribution in [-0.2, 0) is 4.74 Å². The number of hydrogen-bond acceptors (Lipinski definition) is 7. The molecule has 0 radical (unpaired) electrons. The first-order valence-electron chi connectivity index (χ1n) is 6.64. The number of ether oxygens (including phenoxy) is 1. The molecular formula is C14H17N5O2S. The van der Waals surface area contributed by atoms with Crippen LogP contribution in [0.15, 0.2) is 36.0 Å². The highest BCUT2D eigenvalue weighted by atomic mass is 32.1. The Morgan fingerprint density at radius 1 is 1.45 bits per heavy atom. The molecule has 2 heterocycles. The van der Waals surface area contributed by atoms with Gasteiger partial charge in [-0.2, -0.15) is 0 Å². The molecule has 2 N–H and O–H groups in total. The third-order valence-electron chi connectivity index (χ3n) is 2.51. The number of hydrogen-bond donors (Lipinski definition) is 2. The topological polar surface area (TPSA) is 89.0 Å². The Morgan fingerprint density at radius 3 is 2.95 bits per heavy atom. The molecule has 0 unspecified atom stereocenters. The fourth-order valence-electron chi connectivity index (χ4n) is 1.53. The molecule has 0 saturated carbocycles. The Bertz CT molecular complexity index is 613. The first-order chi connectivity index (χ1) is 10.6. The van der Waals surface area contributed by atoms with Crippen molar-refractivity contribution in [1.82, 2.24) is 15.2 Å². The number of anilines is 2. The molecular weight excluding hydrogens is 302 g/mol. The minimum absolute atomic E-state index is 0.263. The number of nitrogens with zero attached hydrogens (tertiary/aromatic N) is 3. The van der Waals surface area contributed by atoms with Crippen LogP contribution in [0.25, 0.3) is 0 Å². The summed E-state index contributed by atoms with van der Waals surface area (Å²) in [6.07, 6.45) is 1.51. The highest BCUT2D eigenvalue weighted by Gasteiger charge is 2.08. The Morgan fingerprint density at radius 2 is 2.32 bits per heavy atom. The molecule has 2 aromatic rings. The van der Waals surface area contributed by atoms with Crippen molar-refractivity contribution in [1.29, 1.82) is 0 Å². The second-order valence-electron chi connectivity index (χ2n) is 4.57. The van der Waals surface area contributed by atoms with E-state index in [2.05, 4.69) is 32.4 Å². The Labute approximate surface area is 132 Å². The van der Waals surface area contributed by atoms with Gasteiger partial charge in [-0.15, -0.1) is 10.2 Å². The van der Waals surface area contributed by atoms with E-state index in [9.17, 15) is 4.79 Å². The number of rotatable bonds is 8. The molecule has 0 aromatic carbocycles. The van der Waals surface area contributed by atoms with E-state index in [1.807, 2.05) is 6.92 Å². The van der Waals surface area contributed by atoms with Crippen molar-refractivity contribution in [3.63, 3.8) is 0 Å². The molecule has 1 amide bonds. The SMILES string of the molecule is C=C(C)COCCNc1ccc(C(=O)Nc2nncs2)cn1. The van der Waals surface area contributed by atoms with Crippen LogP contribution in [-0.4, -0.2) is 40.8 Å². The van der Waals surface area contributed by atoms with Crippen LogP contribution in [0.4, 0.5) is 10.9 Å². The van der Waals surface area contributed by atoms with Crippen LogP contribution in [0.2, 0.25) is 0 Å². The summed E-state index contributed by atoms with van der Waals surface area (Å²) in [5.41, 5.74) is 3.00. The Hall–Kier alpha value is -2.32. The number of carbonyl (C=O) groups is 1. The average Bonchev–Trinajstić information content (AvgIpc) is 3.00. The van der Waals surface area contributed by atoms with Crippen LogP contribution in [0.5, 0.6) is 0 Å². The summed E-state index contributed by atoms with van der Waals surface area (Å²) >= 11 is 1.26. The van der Waals surface area contributed by atoms with E-state index in [4.69, 9.17) is 4.74 Å². The zero-order chi connectivity index (χ0) is 15.8. The second kappa shape index (κ2) is 8.20. The van der Waals surface area contributed by atoms with E-state index in [-0.39, 0.29) is 5.91 Å². The van der Waals surface area contributed by atoms with Gasteiger partial charge in [-0.1, -0.05) is 23.5 Å². The minimum Gasteiger partial charge on any atom is -0.375 e. The van der Waals surface area contributed by atoms with E-state index in [0.717, 1.165) is 5.57 Å². The van der Waals surface area contributed by atoms with Gasteiger partial charge in [-0.3, -0.25) is 10.1 Å². The highest BCUT2D eigenvalue weighted by molar-refractivity contribution is 7.13. The third kappa shape index (κ3) is 5.23. The number of amides is 1. The van der Waals surface area contributed by atoms with Crippen LogP contribution in [0.3, 0.4) is 0 Å². The summed E-state index contributed by atoms with van der Waals surface area (Å²) in [6, 6.07) is 3.44. The normalized spacial score (nSPS) is 10.2. The van der Waals surface area contributed by atoms with Gasteiger partial charge in [0.1, 0.15) is 11.3 Å². The van der Waals surface area contributed by atoms with Crippen LogP contribution in [0, 0.1) is 0 Å². The molecule has 0 spiro atoms. The summed E-state index contributed by atoms with van der Waals surface area (Å²) < 4.78 is 5.37. The Balaban J connectivity index is 1.77.